The molecule has 0 saturated carbocycles. The first-order chi connectivity index (χ1) is 12.7. The monoisotopic (exact) mass is 349 g/mol. The second-order valence-electron chi connectivity index (χ2n) is 5.53. The van der Waals surface area contributed by atoms with Crippen LogP contribution in [0.2, 0.25) is 0 Å². The van der Waals surface area contributed by atoms with Crippen molar-refractivity contribution >= 4 is 11.7 Å². The number of pyridine rings is 1. The van der Waals surface area contributed by atoms with Gasteiger partial charge in [-0.3, -0.25) is 9.78 Å². The van der Waals surface area contributed by atoms with Gasteiger partial charge in [0.05, 0.1) is 19.5 Å². The van der Waals surface area contributed by atoms with Crippen LogP contribution in [0.5, 0.6) is 5.75 Å². The van der Waals surface area contributed by atoms with Crippen LogP contribution in [-0.4, -0.2) is 28.0 Å². The first kappa shape index (κ1) is 17.3. The molecule has 0 unspecified atom stereocenters. The predicted octanol–water partition coefficient (Wildman–Crippen LogP) is 2.42. The maximum atomic E-state index is 12.2. The fourth-order valence-electron chi connectivity index (χ4n) is 2.25. The highest BCUT2D eigenvalue weighted by molar-refractivity contribution is 5.91. The van der Waals surface area contributed by atoms with E-state index in [1.807, 2.05) is 36.4 Å². The van der Waals surface area contributed by atoms with Crippen LogP contribution in [0.25, 0.3) is 0 Å². The van der Waals surface area contributed by atoms with Crippen LogP contribution in [0.4, 0.5) is 5.82 Å². The van der Waals surface area contributed by atoms with Crippen molar-refractivity contribution in [2.45, 2.75) is 13.1 Å². The first-order valence-corrected chi connectivity index (χ1v) is 8.10. The van der Waals surface area contributed by atoms with E-state index >= 15 is 0 Å². The summed E-state index contributed by atoms with van der Waals surface area (Å²) >= 11 is 0. The number of nitrogens with zero attached hydrogens (tertiary/aromatic N) is 3. The van der Waals surface area contributed by atoms with Crippen LogP contribution in [0.15, 0.2) is 61.2 Å². The molecule has 1 aromatic carbocycles. The maximum absolute atomic E-state index is 12.2. The normalized spacial score (nSPS) is 10.2. The number of carbonyl (C=O) groups is 1. The lowest BCUT2D eigenvalue weighted by Gasteiger charge is -2.07. The van der Waals surface area contributed by atoms with Crippen molar-refractivity contribution in [3.63, 3.8) is 0 Å². The fourth-order valence-corrected chi connectivity index (χ4v) is 2.25. The number of amides is 1. The van der Waals surface area contributed by atoms with Gasteiger partial charge in [-0.2, -0.15) is 0 Å². The summed E-state index contributed by atoms with van der Waals surface area (Å²) in [5.41, 5.74) is 2.28. The molecule has 2 aromatic heterocycles. The Morgan fingerprint density at radius 3 is 2.50 bits per heavy atom. The average Bonchev–Trinajstić information content (AvgIpc) is 2.72. The molecular weight excluding hydrogens is 330 g/mol. The molecule has 0 aliphatic carbocycles. The van der Waals surface area contributed by atoms with Gasteiger partial charge in [0, 0.05) is 25.5 Å². The van der Waals surface area contributed by atoms with Gasteiger partial charge in [0.2, 0.25) is 0 Å². The van der Waals surface area contributed by atoms with Crippen molar-refractivity contribution in [2.75, 3.05) is 12.4 Å². The Kier molecular flexibility index (Phi) is 5.72. The third-order valence-corrected chi connectivity index (χ3v) is 3.69. The Balaban J connectivity index is 1.51. The van der Waals surface area contributed by atoms with E-state index in [1.54, 1.807) is 25.7 Å². The minimum atomic E-state index is -0.271. The summed E-state index contributed by atoms with van der Waals surface area (Å²) in [6, 6.07) is 11.3. The van der Waals surface area contributed by atoms with E-state index in [2.05, 4.69) is 25.6 Å². The summed E-state index contributed by atoms with van der Waals surface area (Å²) < 4.78 is 5.11. The van der Waals surface area contributed by atoms with E-state index in [-0.39, 0.29) is 11.6 Å². The maximum Gasteiger partial charge on any atom is 0.271 e. The lowest BCUT2D eigenvalue weighted by atomic mass is 10.2. The molecule has 3 rings (SSSR count). The summed E-state index contributed by atoms with van der Waals surface area (Å²) in [5, 5.41) is 5.96. The van der Waals surface area contributed by atoms with Gasteiger partial charge in [0.25, 0.3) is 5.91 Å². The van der Waals surface area contributed by atoms with Crippen molar-refractivity contribution in [1.29, 1.82) is 0 Å². The average molecular weight is 349 g/mol. The number of aromatic nitrogens is 3. The molecular formula is C19H19N5O2. The van der Waals surface area contributed by atoms with Crippen LogP contribution in [0, 0.1) is 0 Å². The molecule has 0 aliphatic rings. The molecule has 0 fully saturated rings. The SMILES string of the molecule is COc1ccc(CNC(=O)c2cnc(NCc3cccnc3)cn2)cc1. The lowest BCUT2D eigenvalue weighted by Crippen LogP contribution is -2.24. The quantitative estimate of drug-likeness (QED) is 0.681. The number of nitrogens with one attached hydrogen (secondary N) is 2. The number of methoxy groups -OCH3 is 1. The molecule has 2 N–H and O–H groups in total. The standard InChI is InChI=1S/C19H19N5O2/c1-26-16-6-4-14(5-7-16)10-24-19(25)17-12-23-18(13-21-17)22-11-15-3-2-8-20-9-15/h2-9,12-13H,10-11H2,1H3,(H,22,23)(H,24,25). The predicted molar refractivity (Wildman–Crippen MR) is 97.8 cm³/mol. The topological polar surface area (TPSA) is 89.0 Å². The molecule has 2 heterocycles. The number of hydrogen-bond donors (Lipinski definition) is 2. The molecule has 7 nitrogen and oxygen atoms in total. The molecule has 0 saturated heterocycles. The lowest BCUT2D eigenvalue weighted by molar-refractivity contribution is 0.0945. The molecule has 132 valence electrons. The van der Waals surface area contributed by atoms with Gasteiger partial charge in [-0.15, -0.1) is 0 Å². The van der Waals surface area contributed by atoms with E-state index in [0.29, 0.717) is 18.9 Å². The van der Waals surface area contributed by atoms with Crippen LogP contribution in [-0.2, 0) is 13.1 Å². The van der Waals surface area contributed by atoms with Gasteiger partial charge >= 0.3 is 0 Å². The molecule has 1 amide bonds. The summed E-state index contributed by atoms with van der Waals surface area (Å²) in [5.74, 6) is 1.10. The highest BCUT2D eigenvalue weighted by Gasteiger charge is 2.08. The minimum absolute atomic E-state index is 0.269. The van der Waals surface area contributed by atoms with Crippen molar-refractivity contribution in [1.82, 2.24) is 20.3 Å². The molecule has 0 spiro atoms. The number of hydrogen-bond acceptors (Lipinski definition) is 6. The third kappa shape index (κ3) is 4.76. The smallest absolute Gasteiger partial charge is 0.271 e. The molecule has 7 heteroatoms. The molecule has 0 aliphatic heterocycles. The van der Waals surface area contributed by atoms with Crippen molar-refractivity contribution in [3.05, 3.63) is 78.0 Å². The van der Waals surface area contributed by atoms with Crippen LogP contribution in [0.3, 0.4) is 0 Å². The van der Waals surface area contributed by atoms with Crippen molar-refractivity contribution in [2.24, 2.45) is 0 Å². The molecule has 3 aromatic rings. The first-order valence-electron chi connectivity index (χ1n) is 8.10. The summed E-state index contributed by atoms with van der Waals surface area (Å²) in [6.45, 7) is 0.997. The molecule has 0 radical (unpaired) electrons. The number of ether oxygens (including phenoxy) is 1. The second-order valence-corrected chi connectivity index (χ2v) is 5.53. The number of benzene rings is 1. The van der Waals surface area contributed by atoms with Gasteiger partial charge in [-0.05, 0) is 29.3 Å². The summed E-state index contributed by atoms with van der Waals surface area (Å²) in [4.78, 5) is 24.6. The zero-order valence-electron chi connectivity index (χ0n) is 14.3. The van der Waals surface area contributed by atoms with E-state index < -0.39 is 0 Å². The highest BCUT2D eigenvalue weighted by atomic mass is 16.5. The number of rotatable bonds is 7. The Bertz CT molecular complexity index is 836. The summed E-state index contributed by atoms with van der Waals surface area (Å²) in [7, 11) is 1.62. The van der Waals surface area contributed by atoms with Crippen LogP contribution in [0.1, 0.15) is 21.6 Å². The third-order valence-electron chi connectivity index (χ3n) is 3.69. The molecule has 0 atom stereocenters. The van der Waals surface area contributed by atoms with Crippen LogP contribution >= 0.6 is 0 Å². The summed E-state index contributed by atoms with van der Waals surface area (Å²) in [6.07, 6.45) is 6.50. The number of anilines is 1. The molecule has 0 bridgehead atoms. The molecule has 26 heavy (non-hydrogen) atoms. The Morgan fingerprint density at radius 1 is 1.00 bits per heavy atom. The van der Waals surface area contributed by atoms with Crippen LogP contribution < -0.4 is 15.4 Å². The fraction of sp³-hybridized carbons (Fsp3) is 0.158. The van der Waals surface area contributed by atoms with Gasteiger partial charge in [-0.1, -0.05) is 18.2 Å². The highest BCUT2D eigenvalue weighted by Crippen LogP contribution is 2.11. The zero-order valence-corrected chi connectivity index (χ0v) is 14.3. The van der Waals surface area contributed by atoms with Gasteiger partial charge < -0.3 is 15.4 Å². The van der Waals surface area contributed by atoms with E-state index in [0.717, 1.165) is 16.9 Å². The van der Waals surface area contributed by atoms with E-state index in [1.165, 1.54) is 6.20 Å². The van der Waals surface area contributed by atoms with Gasteiger partial charge in [0.1, 0.15) is 17.3 Å². The van der Waals surface area contributed by atoms with E-state index in [9.17, 15) is 4.79 Å². The minimum Gasteiger partial charge on any atom is -0.497 e. The Hall–Kier alpha value is -3.48. The van der Waals surface area contributed by atoms with Gasteiger partial charge in [0.15, 0.2) is 0 Å². The zero-order chi connectivity index (χ0) is 18.2. The number of carbonyl (C=O) groups excluding carboxylic acids is 1. The Morgan fingerprint density at radius 2 is 1.85 bits per heavy atom. The van der Waals surface area contributed by atoms with Crippen molar-refractivity contribution in [3.8, 4) is 5.75 Å². The second kappa shape index (κ2) is 8.57. The van der Waals surface area contributed by atoms with E-state index in [4.69, 9.17) is 4.74 Å². The van der Waals surface area contributed by atoms with Gasteiger partial charge in [-0.25, -0.2) is 9.97 Å². The van der Waals surface area contributed by atoms with Crippen molar-refractivity contribution < 1.29 is 9.53 Å². The largest absolute Gasteiger partial charge is 0.497 e. The Labute approximate surface area is 151 Å².